The van der Waals surface area contributed by atoms with Crippen molar-refractivity contribution in [2.75, 3.05) is 31.6 Å². The van der Waals surface area contributed by atoms with Crippen LogP contribution in [0.25, 0.3) is 22.4 Å². The molecule has 30 heavy (non-hydrogen) atoms. The molecule has 3 N–H and O–H groups in total. The fraction of sp³-hybridized carbons (Fsp3) is 0.318. The number of ether oxygens (including phenoxy) is 1. The number of H-pyrrole nitrogens is 1. The number of aromatic amines is 1. The van der Waals surface area contributed by atoms with Crippen molar-refractivity contribution in [3.05, 3.63) is 35.9 Å². The van der Waals surface area contributed by atoms with Crippen LogP contribution in [0.4, 0.5) is 5.69 Å². The topological polar surface area (TPSA) is 90.8 Å². The van der Waals surface area contributed by atoms with Gasteiger partial charge >= 0.3 is 0 Å². The third-order valence-corrected chi connectivity index (χ3v) is 6.12. The summed E-state index contributed by atoms with van der Waals surface area (Å²) in [5.41, 5.74) is 4.70. The highest BCUT2D eigenvalue weighted by Crippen LogP contribution is 2.45. The summed E-state index contributed by atoms with van der Waals surface area (Å²) in [6, 6.07) is 9.08. The molecule has 8 heteroatoms. The molecule has 0 spiro atoms. The minimum atomic E-state index is -0.000342. The maximum atomic E-state index is 10.6. The van der Waals surface area contributed by atoms with Gasteiger partial charge in [0.25, 0.3) is 0 Å². The van der Waals surface area contributed by atoms with E-state index in [0.29, 0.717) is 29.4 Å². The molecule has 0 unspecified atom stereocenters. The summed E-state index contributed by atoms with van der Waals surface area (Å²) in [7, 11) is 3.48. The summed E-state index contributed by atoms with van der Waals surface area (Å²) in [6.45, 7) is 4.52. The molecule has 1 aliphatic heterocycles. The molecule has 0 saturated carbocycles. The monoisotopic (exact) mass is 427 g/mol. The Balaban J connectivity index is 1.95. The molecule has 0 radical (unpaired) electrons. The van der Waals surface area contributed by atoms with E-state index in [9.17, 15) is 10.2 Å². The number of nitrogens with one attached hydrogen (secondary N) is 1. The van der Waals surface area contributed by atoms with Gasteiger partial charge in [-0.05, 0) is 35.2 Å². The number of fused-ring (bicyclic) bond motifs is 4. The van der Waals surface area contributed by atoms with E-state index >= 15 is 0 Å². The number of thioether (sulfide) groups is 1. The first-order valence-electron chi connectivity index (χ1n) is 9.73. The van der Waals surface area contributed by atoms with Gasteiger partial charge in [-0.25, -0.2) is 0 Å². The number of nitrogens with zero attached hydrogens (tertiary/aromatic N) is 2. The Morgan fingerprint density at radius 1 is 1.20 bits per heavy atom. The van der Waals surface area contributed by atoms with Gasteiger partial charge in [0.1, 0.15) is 28.0 Å². The fourth-order valence-corrected chi connectivity index (χ4v) is 4.45. The highest BCUT2D eigenvalue weighted by atomic mass is 32.2. The normalized spacial score (nSPS) is 14.0. The van der Waals surface area contributed by atoms with Crippen molar-refractivity contribution in [1.82, 2.24) is 10.2 Å². The van der Waals surface area contributed by atoms with Gasteiger partial charge in [0.05, 0.1) is 19.4 Å². The minimum absolute atomic E-state index is 0.000342. The summed E-state index contributed by atoms with van der Waals surface area (Å²) in [5, 5.41) is 31.1. The van der Waals surface area contributed by atoms with E-state index in [4.69, 9.17) is 9.57 Å². The predicted octanol–water partition coefficient (Wildman–Crippen LogP) is 4.76. The largest absolute Gasteiger partial charge is 0.508 e. The lowest BCUT2D eigenvalue weighted by Crippen LogP contribution is -2.20. The second-order valence-corrected chi connectivity index (χ2v) is 8.51. The highest BCUT2D eigenvalue weighted by molar-refractivity contribution is 7.99. The quantitative estimate of drug-likeness (QED) is 0.555. The van der Waals surface area contributed by atoms with E-state index < -0.39 is 0 Å². The van der Waals surface area contributed by atoms with Crippen LogP contribution < -0.4 is 9.80 Å². The van der Waals surface area contributed by atoms with Gasteiger partial charge in [-0.1, -0.05) is 19.9 Å². The van der Waals surface area contributed by atoms with Crippen LogP contribution >= 0.6 is 11.8 Å². The number of aromatic hydroxyl groups is 2. The van der Waals surface area contributed by atoms with Crippen molar-refractivity contribution in [1.29, 1.82) is 0 Å². The standard InChI is InChI=1S/C22H25N3O4S/c1-12(2)14-10-15(18(27)11-17(14)26)21-20-13-5-6-19(28-4)16(9-13)25(3)29-7-8-30-22(20)24-23-21/h5-6,9-12,26-27H,7-8H2,1-4H3,(H,23,24). The van der Waals surface area contributed by atoms with E-state index in [-0.39, 0.29) is 17.4 Å². The number of benzene rings is 2. The van der Waals surface area contributed by atoms with Crippen LogP contribution in [0.5, 0.6) is 17.2 Å². The minimum Gasteiger partial charge on any atom is -0.508 e. The number of hydrogen-bond donors (Lipinski definition) is 3. The van der Waals surface area contributed by atoms with Gasteiger partial charge < -0.3 is 14.9 Å². The highest BCUT2D eigenvalue weighted by Gasteiger charge is 2.24. The van der Waals surface area contributed by atoms with Gasteiger partial charge in [0.2, 0.25) is 0 Å². The number of methoxy groups -OCH3 is 1. The lowest BCUT2D eigenvalue weighted by Gasteiger charge is -2.23. The lowest BCUT2D eigenvalue weighted by atomic mass is 9.95. The number of hydrogen-bond acceptors (Lipinski definition) is 7. The fourth-order valence-electron chi connectivity index (χ4n) is 3.62. The molecule has 0 amide bonds. The number of aromatic nitrogens is 2. The predicted molar refractivity (Wildman–Crippen MR) is 119 cm³/mol. The molecule has 0 atom stereocenters. The Labute approximate surface area is 179 Å². The Hall–Kier alpha value is -2.84. The number of phenols is 2. The van der Waals surface area contributed by atoms with Crippen molar-refractivity contribution >= 4 is 17.4 Å². The summed E-state index contributed by atoms with van der Waals surface area (Å²) < 4.78 is 5.50. The first-order valence-corrected chi connectivity index (χ1v) is 10.7. The molecule has 3 aromatic rings. The van der Waals surface area contributed by atoms with Gasteiger partial charge in [-0.15, -0.1) is 11.8 Å². The van der Waals surface area contributed by atoms with E-state index in [1.165, 1.54) is 6.07 Å². The maximum Gasteiger partial charge on any atom is 0.144 e. The molecule has 1 aromatic heterocycles. The van der Waals surface area contributed by atoms with E-state index in [1.807, 2.05) is 45.2 Å². The van der Waals surface area contributed by atoms with E-state index in [1.54, 1.807) is 23.9 Å². The third-order valence-electron chi connectivity index (χ3n) is 5.18. The molecule has 2 heterocycles. The Bertz CT molecular complexity index is 1080. The Morgan fingerprint density at radius 3 is 2.73 bits per heavy atom. The Kier molecular flexibility index (Phi) is 5.53. The van der Waals surface area contributed by atoms with Crippen molar-refractivity contribution in [3.8, 4) is 39.6 Å². The zero-order valence-electron chi connectivity index (χ0n) is 17.4. The summed E-state index contributed by atoms with van der Waals surface area (Å²) in [6.07, 6.45) is 0. The SMILES string of the molecule is COc1ccc2cc1N(C)OCCSc1n[nH]c(-c3cc(C(C)C)c(O)cc3O)c1-2. The van der Waals surface area contributed by atoms with Crippen LogP contribution in [-0.2, 0) is 4.84 Å². The number of phenolic OH excluding ortho intramolecular Hbond substituents is 2. The Morgan fingerprint density at radius 2 is 2.00 bits per heavy atom. The van der Waals surface area contributed by atoms with Crippen LogP contribution in [-0.4, -0.2) is 46.9 Å². The van der Waals surface area contributed by atoms with Gasteiger partial charge in [-0.3, -0.25) is 15.0 Å². The second-order valence-electron chi connectivity index (χ2n) is 7.43. The molecule has 2 bridgehead atoms. The number of anilines is 1. The molecule has 0 saturated heterocycles. The van der Waals surface area contributed by atoms with Crippen molar-refractivity contribution in [2.45, 2.75) is 24.8 Å². The van der Waals surface area contributed by atoms with Crippen LogP contribution in [0, 0.1) is 0 Å². The summed E-state index contributed by atoms with van der Waals surface area (Å²) in [4.78, 5) is 5.81. The van der Waals surface area contributed by atoms with Crippen LogP contribution in [0.15, 0.2) is 35.4 Å². The lowest BCUT2D eigenvalue weighted by molar-refractivity contribution is 0.135. The molecule has 0 aliphatic carbocycles. The van der Waals surface area contributed by atoms with Gasteiger partial charge in [0, 0.05) is 30.0 Å². The summed E-state index contributed by atoms with van der Waals surface area (Å²) in [5.74, 6) is 1.61. The maximum absolute atomic E-state index is 10.6. The molecule has 2 aromatic carbocycles. The van der Waals surface area contributed by atoms with Crippen molar-refractivity contribution < 1.29 is 19.8 Å². The van der Waals surface area contributed by atoms with Crippen LogP contribution in [0.1, 0.15) is 25.3 Å². The number of hydroxylamine groups is 1. The average molecular weight is 428 g/mol. The molecular weight excluding hydrogens is 402 g/mol. The zero-order chi connectivity index (χ0) is 21.4. The van der Waals surface area contributed by atoms with Gasteiger partial charge in [0.15, 0.2) is 0 Å². The number of rotatable bonds is 3. The second kappa shape index (κ2) is 8.12. The molecule has 1 aliphatic rings. The van der Waals surface area contributed by atoms with E-state index in [0.717, 1.165) is 27.4 Å². The first-order chi connectivity index (χ1) is 14.4. The molecule has 4 rings (SSSR count). The smallest absolute Gasteiger partial charge is 0.144 e. The van der Waals surface area contributed by atoms with E-state index in [2.05, 4.69) is 10.2 Å². The zero-order valence-corrected chi connectivity index (χ0v) is 18.2. The van der Waals surface area contributed by atoms with Crippen molar-refractivity contribution in [2.24, 2.45) is 0 Å². The molecular formula is C22H25N3O4S. The molecule has 158 valence electrons. The average Bonchev–Trinajstić information content (AvgIpc) is 3.13. The third kappa shape index (κ3) is 3.57. The van der Waals surface area contributed by atoms with Crippen molar-refractivity contribution in [3.63, 3.8) is 0 Å². The first kappa shape index (κ1) is 20.4. The van der Waals surface area contributed by atoms with Crippen LogP contribution in [0.3, 0.4) is 0 Å². The van der Waals surface area contributed by atoms with Gasteiger partial charge in [-0.2, -0.15) is 5.10 Å². The summed E-state index contributed by atoms with van der Waals surface area (Å²) >= 11 is 1.59. The molecule has 7 nitrogen and oxygen atoms in total. The molecule has 0 fully saturated rings. The van der Waals surface area contributed by atoms with Crippen LogP contribution in [0.2, 0.25) is 0 Å².